The summed E-state index contributed by atoms with van der Waals surface area (Å²) < 4.78 is 156. The van der Waals surface area contributed by atoms with Crippen molar-refractivity contribution in [2.45, 2.75) is 56.0 Å². The van der Waals surface area contributed by atoms with Gasteiger partial charge in [-0.25, -0.2) is 0 Å². The fraction of sp³-hybridized carbons (Fsp3) is 0.857. The van der Waals surface area contributed by atoms with Crippen LogP contribution in [0.15, 0.2) is 12.7 Å². The Kier molecular flexibility index (Phi) is 5.96. The molecule has 1 N–H and O–H groups in total. The molecule has 0 unspecified atom stereocenters. The van der Waals surface area contributed by atoms with Crippen LogP contribution in [0.5, 0.6) is 0 Å². The molecule has 0 aromatic heterocycles. The topological polar surface area (TPSA) is 20.2 Å². The zero-order valence-electron chi connectivity index (χ0n) is 13.3. The van der Waals surface area contributed by atoms with Gasteiger partial charge in [-0.15, -0.1) is 6.58 Å². The highest BCUT2D eigenvalue weighted by atomic mass is 19.4. The Labute approximate surface area is 145 Å². The van der Waals surface area contributed by atoms with E-state index in [1.54, 1.807) is 0 Å². The van der Waals surface area contributed by atoms with Crippen LogP contribution in [0.4, 0.5) is 52.7 Å². The van der Waals surface area contributed by atoms with Crippen LogP contribution in [0.1, 0.15) is 25.7 Å². The molecule has 1 aliphatic carbocycles. The van der Waals surface area contributed by atoms with Gasteiger partial charge in [0.2, 0.25) is 0 Å². The summed E-state index contributed by atoms with van der Waals surface area (Å²) in [5, 5.41) is 9.26. The molecule has 1 aliphatic rings. The Bertz CT molecular complexity index is 502. The fourth-order valence-corrected chi connectivity index (χ4v) is 3.61. The zero-order valence-corrected chi connectivity index (χ0v) is 13.3. The highest BCUT2D eigenvalue weighted by Crippen LogP contribution is 2.61. The lowest BCUT2D eigenvalue weighted by molar-refractivity contribution is -0.390. The maximum atomic E-state index is 13.2. The minimum atomic E-state index is -6.20. The molecule has 0 aromatic rings. The summed E-state index contributed by atoms with van der Waals surface area (Å²) in [7, 11) is 0. The summed E-state index contributed by atoms with van der Waals surface area (Å²) in [4.78, 5) is 0. The Morgan fingerprint density at radius 3 is 1.11 bits per heavy atom. The standard InChI is InChI=1S/C14H14F12O/c1-2-9(11(15,16)17,12(18,19)20)7-3-5-8(6-4-7)10(27,13(21,22)23)14(24,25)26/h2,7-8,27H,1,3-6H2. The van der Waals surface area contributed by atoms with Crippen molar-refractivity contribution in [3.05, 3.63) is 12.7 Å². The molecule has 1 nitrogen and oxygen atoms in total. The van der Waals surface area contributed by atoms with Gasteiger partial charge < -0.3 is 5.11 Å². The predicted molar refractivity (Wildman–Crippen MR) is 67.2 cm³/mol. The van der Waals surface area contributed by atoms with E-state index >= 15 is 0 Å². The van der Waals surface area contributed by atoms with Crippen LogP contribution >= 0.6 is 0 Å². The second kappa shape index (κ2) is 6.73. The molecule has 0 saturated heterocycles. The highest BCUT2D eigenvalue weighted by Gasteiger charge is 2.76. The van der Waals surface area contributed by atoms with Crippen molar-refractivity contribution in [2.75, 3.05) is 0 Å². The highest BCUT2D eigenvalue weighted by molar-refractivity contribution is 5.11. The molecular weight excluding hydrogens is 412 g/mol. The molecule has 160 valence electrons. The van der Waals surface area contributed by atoms with E-state index in [4.69, 9.17) is 0 Å². The van der Waals surface area contributed by atoms with E-state index in [9.17, 15) is 57.8 Å². The van der Waals surface area contributed by atoms with Gasteiger partial charge in [-0.1, -0.05) is 6.08 Å². The summed E-state index contributed by atoms with van der Waals surface area (Å²) in [6.07, 6.45) is -29.8. The number of aliphatic hydroxyl groups is 1. The van der Waals surface area contributed by atoms with Crippen LogP contribution in [0.3, 0.4) is 0 Å². The van der Waals surface area contributed by atoms with Gasteiger partial charge in [0.15, 0.2) is 5.41 Å². The summed E-state index contributed by atoms with van der Waals surface area (Å²) in [5.74, 6) is -4.99. The van der Waals surface area contributed by atoms with Crippen LogP contribution in [-0.2, 0) is 0 Å². The van der Waals surface area contributed by atoms with E-state index in [0.29, 0.717) is 0 Å². The van der Waals surface area contributed by atoms with Crippen molar-refractivity contribution in [2.24, 2.45) is 17.3 Å². The molecule has 0 atom stereocenters. The zero-order chi connectivity index (χ0) is 21.7. The van der Waals surface area contributed by atoms with E-state index in [1.807, 2.05) is 0 Å². The molecule has 0 amide bonds. The van der Waals surface area contributed by atoms with Gasteiger partial charge in [0.05, 0.1) is 0 Å². The Morgan fingerprint density at radius 1 is 0.593 bits per heavy atom. The van der Waals surface area contributed by atoms with E-state index in [-0.39, 0.29) is 0 Å². The number of hydrogen-bond donors (Lipinski definition) is 1. The molecule has 0 aromatic carbocycles. The molecule has 0 spiro atoms. The lowest BCUT2D eigenvalue weighted by Crippen LogP contribution is -2.63. The van der Waals surface area contributed by atoms with Crippen molar-refractivity contribution in [1.29, 1.82) is 0 Å². The van der Waals surface area contributed by atoms with Gasteiger partial charge in [-0.05, 0) is 31.6 Å². The number of rotatable bonds is 3. The van der Waals surface area contributed by atoms with Crippen LogP contribution in [-0.4, -0.2) is 35.4 Å². The molecular formula is C14H14F12O. The average Bonchev–Trinajstić information content (AvgIpc) is 2.42. The third kappa shape index (κ3) is 3.63. The van der Waals surface area contributed by atoms with Gasteiger partial charge in [-0.2, -0.15) is 52.7 Å². The monoisotopic (exact) mass is 426 g/mol. The Hall–Kier alpha value is -1.14. The molecule has 1 fully saturated rings. The SMILES string of the molecule is C=CC(C1CCC(C(O)(C(F)(F)F)C(F)(F)F)CC1)(C(F)(F)F)C(F)(F)F. The Balaban J connectivity index is 3.25. The maximum absolute atomic E-state index is 13.2. The number of alkyl halides is 12. The smallest absolute Gasteiger partial charge is 0.373 e. The second-order valence-corrected chi connectivity index (χ2v) is 6.38. The first-order valence-electron chi connectivity index (χ1n) is 7.40. The summed E-state index contributed by atoms with van der Waals surface area (Å²) in [6, 6.07) is 0. The third-order valence-electron chi connectivity index (χ3n) is 5.09. The largest absolute Gasteiger partial charge is 0.426 e. The summed E-state index contributed by atoms with van der Waals surface area (Å²) in [5.41, 5.74) is -9.70. The van der Waals surface area contributed by atoms with Crippen molar-refractivity contribution in [3.8, 4) is 0 Å². The van der Waals surface area contributed by atoms with Gasteiger partial charge in [-0.3, -0.25) is 0 Å². The number of hydrogen-bond acceptors (Lipinski definition) is 1. The van der Waals surface area contributed by atoms with E-state index in [0.717, 1.165) is 0 Å². The number of halogens is 12. The summed E-state index contributed by atoms with van der Waals surface area (Å²) >= 11 is 0. The van der Waals surface area contributed by atoms with Crippen LogP contribution in [0, 0.1) is 17.3 Å². The average molecular weight is 426 g/mol. The van der Waals surface area contributed by atoms with Gasteiger partial charge >= 0.3 is 24.7 Å². The first kappa shape index (κ1) is 23.9. The van der Waals surface area contributed by atoms with Crippen molar-refractivity contribution < 1.29 is 57.8 Å². The molecule has 13 heteroatoms. The molecule has 1 saturated carbocycles. The lowest BCUT2D eigenvalue weighted by Gasteiger charge is -2.47. The molecule has 0 heterocycles. The first-order valence-corrected chi connectivity index (χ1v) is 7.40. The quantitative estimate of drug-likeness (QED) is 0.437. The lowest BCUT2D eigenvalue weighted by atomic mass is 9.63. The van der Waals surface area contributed by atoms with Crippen LogP contribution < -0.4 is 0 Å². The minimum Gasteiger partial charge on any atom is -0.373 e. The predicted octanol–water partition coefficient (Wildman–Crippen LogP) is 5.95. The second-order valence-electron chi connectivity index (χ2n) is 6.38. The van der Waals surface area contributed by atoms with Gasteiger partial charge in [0, 0.05) is 5.92 Å². The number of allylic oxidation sites excluding steroid dienone is 1. The molecule has 1 rings (SSSR count). The third-order valence-corrected chi connectivity index (χ3v) is 5.09. The fourth-order valence-electron chi connectivity index (χ4n) is 3.61. The van der Waals surface area contributed by atoms with Crippen LogP contribution in [0.25, 0.3) is 0 Å². The molecule has 0 bridgehead atoms. The minimum absolute atomic E-state index is 0.419. The van der Waals surface area contributed by atoms with E-state index < -0.39 is 79.3 Å². The first-order chi connectivity index (χ1) is 11.8. The van der Waals surface area contributed by atoms with Crippen molar-refractivity contribution in [3.63, 3.8) is 0 Å². The normalized spacial score (nSPS) is 24.0. The van der Waals surface area contributed by atoms with E-state index in [2.05, 4.69) is 6.58 Å². The van der Waals surface area contributed by atoms with Gasteiger partial charge in [0.25, 0.3) is 5.60 Å². The molecule has 0 radical (unpaired) electrons. The maximum Gasteiger partial charge on any atom is 0.426 e. The van der Waals surface area contributed by atoms with Crippen LogP contribution in [0.2, 0.25) is 0 Å². The van der Waals surface area contributed by atoms with Gasteiger partial charge in [0.1, 0.15) is 0 Å². The Morgan fingerprint density at radius 2 is 0.889 bits per heavy atom. The summed E-state index contributed by atoms with van der Waals surface area (Å²) in [6.45, 7) is 2.54. The van der Waals surface area contributed by atoms with Crippen molar-refractivity contribution >= 4 is 0 Å². The molecule has 27 heavy (non-hydrogen) atoms. The van der Waals surface area contributed by atoms with Crippen molar-refractivity contribution in [1.82, 2.24) is 0 Å². The molecule has 0 aliphatic heterocycles. The van der Waals surface area contributed by atoms with E-state index in [1.165, 1.54) is 0 Å².